The summed E-state index contributed by atoms with van der Waals surface area (Å²) >= 11 is 0. The fourth-order valence-electron chi connectivity index (χ4n) is 2.99. The summed E-state index contributed by atoms with van der Waals surface area (Å²) in [7, 11) is 0. The van der Waals surface area contributed by atoms with Crippen molar-refractivity contribution in [3.63, 3.8) is 0 Å². The molecule has 0 N–H and O–H groups in total. The second-order valence-corrected chi connectivity index (χ2v) is 6.53. The van der Waals surface area contributed by atoms with Crippen molar-refractivity contribution in [3.05, 3.63) is 59.6 Å². The van der Waals surface area contributed by atoms with Gasteiger partial charge < -0.3 is 13.9 Å². The van der Waals surface area contributed by atoms with E-state index in [1.807, 2.05) is 24.3 Å². The van der Waals surface area contributed by atoms with Crippen molar-refractivity contribution in [2.45, 2.75) is 19.4 Å². The first kappa shape index (κ1) is 20.2. The predicted octanol–water partition coefficient (Wildman–Crippen LogP) is 3.94. The molecule has 0 spiro atoms. The molecule has 0 amide bonds. The lowest BCUT2D eigenvalue weighted by Gasteiger charge is -2.32. The van der Waals surface area contributed by atoms with Gasteiger partial charge in [0.05, 0.1) is 12.9 Å². The summed E-state index contributed by atoms with van der Waals surface area (Å²) in [4.78, 5) is 13.8. The molecule has 1 aliphatic rings. The van der Waals surface area contributed by atoms with Gasteiger partial charge in [-0.25, -0.2) is 8.78 Å². The van der Waals surface area contributed by atoms with Crippen LogP contribution in [0.2, 0.25) is 0 Å². The SMILES string of the molecule is CCC(=O)c1cc(F)c(OCC2CN(C/C=C\c3ccco3)CCO2)c(F)c1. The molecule has 1 fully saturated rings. The Balaban J connectivity index is 1.53. The van der Waals surface area contributed by atoms with Gasteiger partial charge in [0.2, 0.25) is 0 Å². The van der Waals surface area contributed by atoms with E-state index in [0.29, 0.717) is 19.7 Å². The third kappa shape index (κ3) is 5.27. The van der Waals surface area contributed by atoms with Crippen LogP contribution in [0, 0.1) is 11.6 Å². The number of ketones is 1. The summed E-state index contributed by atoms with van der Waals surface area (Å²) in [5.41, 5.74) is 0.00767. The van der Waals surface area contributed by atoms with Crippen LogP contribution in [0.4, 0.5) is 8.78 Å². The van der Waals surface area contributed by atoms with Crippen molar-refractivity contribution in [1.82, 2.24) is 4.90 Å². The number of ether oxygens (including phenoxy) is 2. The van der Waals surface area contributed by atoms with Crippen LogP contribution in [0.5, 0.6) is 5.75 Å². The first-order chi connectivity index (χ1) is 13.6. The van der Waals surface area contributed by atoms with Gasteiger partial charge in [0, 0.05) is 31.6 Å². The van der Waals surface area contributed by atoms with Gasteiger partial charge in [-0.1, -0.05) is 13.0 Å². The number of hydrogen-bond acceptors (Lipinski definition) is 5. The molecule has 1 unspecified atom stereocenters. The van der Waals surface area contributed by atoms with E-state index in [0.717, 1.165) is 24.4 Å². The zero-order chi connectivity index (χ0) is 19.9. The molecular weight excluding hydrogens is 368 g/mol. The number of hydrogen-bond donors (Lipinski definition) is 0. The standard InChI is InChI=1S/C21H23F2NO4/c1-2-20(25)15-11-18(22)21(19(23)12-15)28-14-17-13-24(8-10-27-17)7-3-5-16-6-4-9-26-16/h3-6,9,11-12,17H,2,7-8,10,13-14H2,1H3/b5-3-. The summed E-state index contributed by atoms with van der Waals surface area (Å²) in [6.45, 7) is 4.22. The average Bonchev–Trinajstić information content (AvgIpc) is 3.20. The molecule has 0 saturated carbocycles. The molecule has 0 bridgehead atoms. The summed E-state index contributed by atoms with van der Waals surface area (Å²) in [6.07, 6.45) is 5.38. The number of Topliss-reactive ketones (excluding diaryl/α,β-unsaturated/α-hetero) is 1. The fraction of sp³-hybridized carbons (Fsp3) is 0.381. The first-order valence-electron chi connectivity index (χ1n) is 9.26. The highest BCUT2D eigenvalue weighted by Gasteiger charge is 2.22. The van der Waals surface area contributed by atoms with E-state index in [9.17, 15) is 13.6 Å². The Morgan fingerprint density at radius 2 is 2.14 bits per heavy atom. The van der Waals surface area contributed by atoms with Gasteiger partial charge in [0.25, 0.3) is 0 Å². The maximum atomic E-state index is 14.2. The van der Waals surface area contributed by atoms with Gasteiger partial charge in [-0.3, -0.25) is 9.69 Å². The van der Waals surface area contributed by atoms with Crippen molar-refractivity contribution in [2.24, 2.45) is 0 Å². The summed E-state index contributed by atoms with van der Waals surface area (Å²) < 4.78 is 44.5. The zero-order valence-corrected chi connectivity index (χ0v) is 15.7. The van der Waals surface area contributed by atoms with Crippen LogP contribution in [0.1, 0.15) is 29.5 Å². The minimum absolute atomic E-state index is 0.00767. The molecule has 1 aromatic heterocycles. The normalized spacial score (nSPS) is 17.9. The van der Waals surface area contributed by atoms with E-state index in [1.165, 1.54) is 0 Å². The number of morpholine rings is 1. The second kappa shape index (κ2) is 9.61. The molecule has 5 nitrogen and oxygen atoms in total. The maximum Gasteiger partial charge on any atom is 0.190 e. The molecule has 0 radical (unpaired) electrons. The molecule has 1 aliphatic heterocycles. The van der Waals surface area contributed by atoms with Crippen molar-refractivity contribution in [3.8, 4) is 5.75 Å². The lowest BCUT2D eigenvalue weighted by Crippen LogP contribution is -2.44. The Hall–Kier alpha value is -2.51. The molecular formula is C21H23F2NO4. The van der Waals surface area contributed by atoms with E-state index in [4.69, 9.17) is 13.9 Å². The summed E-state index contributed by atoms with van der Waals surface area (Å²) in [5, 5.41) is 0. The van der Waals surface area contributed by atoms with Crippen molar-refractivity contribution >= 4 is 11.9 Å². The monoisotopic (exact) mass is 391 g/mol. The van der Waals surface area contributed by atoms with Crippen molar-refractivity contribution < 1.29 is 27.5 Å². The van der Waals surface area contributed by atoms with Gasteiger partial charge in [-0.2, -0.15) is 0 Å². The number of carbonyl (C=O) groups is 1. The molecule has 1 atom stereocenters. The Morgan fingerprint density at radius 3 is 2.82 bits per heavy atom. The van der Waals surface area contributed by atoms with Gasteiger partial charge in [0.15, 0.2) is 23.2 Å². The van der Waals surface area contributed by atoms with Crippen LogP contribution in [0.3, 0.4) is 0 Å². The topological polar surface area (TPSA) is 51.9 Å². The fourth-order valence-corrected chi connectivity index (χ4v) is 2.99. The molecule has 150 valence electrons. The third-order valence-corrected chi connectivity index (χ3v) is 4.47. The Labute approximate surface area is 162 Å². The summed E-state index contributed by atoms with van der Waals surface area (Å²) in [6, 6.07) is 5.72. The van der Waals surface area contributed by atoms with Gasteiger partial charge in [-0.05, 0) is 30.3 Å². The minimum Gasteiger partial charge on any atom is -0.485 e. The van der Waals surface area contributed by atoms with Crippen LogP contribution in [-0.2, 0) is 4.74 Å². The highest BCUT2D eigenvalue weighted by atomic mass is 19.1. The van der Waals surface area contributed by atoms with E-state index in [-0.39, 0.29) is 30.5 Å². The molecule has 2 heterocycles. The number of nitrogens with zero attached hydrogens (tertiary/aromatic N) is 1. The van der Waals surface area contributed by atoms with Crippen molar-refractivity contribution in [1.29, 1.82) is 0 Å². The molecule has 1 saturated heterocycles. The number of furan rings is 1. The van der Waals surface area contributed by atoms with Gasteiger partial charge in [0.1, 0.15) is 18.5 Å². The maximum absolute atomic E-state index is 14.2. The molecule has 1 aromatic carbocycles. The molecule has 3 rings (SSSR count). The second-order valence-electron chi connectivity index (χ2n) is 6.53. The Bertz CT molecular complexity index is 797. The Kier molecular flexibility index (Phi) is 6.95. The van der Waals surface area contributed by atoms with Crippen LogP contribution in [0.15, 0.2) is 41.0 Å². The number of benzene rings is 1. The van der Waals surface area contributed by atoms with Crippen LogP contribution < -0.4 is 4.74 Å². The van der Waals surface area contributed by atoms with Gasteiger partial charge >= 0.3 is 0 Å². The minimum atomic E-state index is -0.883. The summed E-state index contributed by atoms with van der Waals surface area (Å²) in [5.74, 6) is -1.79. The van der Waals surface area contributed by atoms with E-state index in [2.05, 4.69) is 4.90 Å². The number of carbonyl (C=O) groups excluding carboxylic acids is 1. The number of halogens is 2. The first-order valence-corrected chi connectivity index (χ1v) is 9.26. The van der Waals surface area contributed by atoms with Crippen molar-refractivity contribution in [2.75, 3.05) is 32.8 Å². The average molecular weight is 391 g/mol. The van der Waals surface area contributed by atoms with E-state index >= 15 is 0 Å². The van der Waals surface area contributed by atoms with Crippen LogP contribution in [-0.4, -0.2) is 49.6 Å². The van der Waals surface area contributed by atoms with Crippen LogP contribution >= 0.6 is 0 Å². The largest absolute Gasteiger partial charge is 0.485 e. The van der Waals surface area contributed by atoms with E-state index < -0.39 is 17.4 Å². The third-order valence-electron chi connectivity index (χ3n) is 4.47. The zero-order valence-electron chi connectivity index (χ0n) is 15.7. The molecule has 28 heavy (non-hydrogen) atoms. The lowest BCUT2D eigenvalue weighted by molar-refractivity contribution is -0.0455. The highest BCUT2D eigenvalue weighted by Crippen LogP contribution is 2.24. The number of rotatable bonds is 8. The quantitative estimate of drug-likeness (QED) is 0.638. The molecule has 2 aromatic rings. The lowest BCUT2D eigenvalue weighted by atomic mass is 10.1. The Morgan fingerprint density at radius 1 is 1.36 bits per heavy atom. The van der Waals surface area contributed by atoms with Crippen LogP contribution in [0.25, 0.3) is 6.08 Å². The molecule has 0 aliphatic carbocycles. The molecule has 7 heteroatoms. The van der Waals surface area contributed by atoms with E-state index in [1.54, 1.807) is 13.2 Å². The predicted molar refractivity (Wildman–Crippen MR) is 100 cm³/mol. The van der Waals surface area contributed by atoms with Gasteiger partial charge in [-0.15, -0.1) is 0 Å². The highest BCUT2D eigenvalue weighted by molar-refractivity contribution is 5.96. The smallest absolute Gasteiger partial charge is 0.190 e.